The van der Waals surface area contributed by atoms with E-state index in [-0.39, 0.29) is 0 Å². The lowest BCUT2D eigenvalue weighted by Crippen LogP contribution is -2.49. The van der Waals surface area contributed by atoms with Gasteiger partial charge in [0.2, 0.25) is 0 Å². The highest BCUT2D eigenvalue weighted by atomic mass is 28.4. The summed E-state index contributed by atoms with van der Waals surface area (Å²) >= 11 is 0. The molecule has 0 atom stereocenters. The number of rotatable bonds is 4. The monoisotopic (exact) mass is 203 g/mol. The largest absolute Gasteiger partial charge is 0.552 e. The van der Waals surface area contributed by atoms with E-state index in [2.05, 4.69) is 11.0 Å². The predicted octanol–water partition coefficient (Wildman–Crippen LogP) is 0.623. The zero-order valence-electron chi connectivity index (χ0n) is 8.66. The molecule has 0 aliphatic carbocycles. The fourth-order valence-electron chi connectivity index (χ4n) is 1.59. The second-order valence-electron chi connectivity index (χ2n) is 2.97. The van der Waals surface area contributed by atoms with E-state index in [0.717, 1.165) is 18.3 Å². The molecule has 1 aliphatic rings. The molecule has 0 fully saturated rings. The fourth-order valence-corrected chi connectivity index (χ4v) is 3.69. The Bertz CT molecular complexity index is 195. The van der Waals surface area contributed by atoms with Gasteiger partial charge in [-0.1, -0.05) is 6.08 Å². The van der Waals surface area contributed by atoms with Crippen molar-refractivity contribution in [3.63, 3.8) is 0 Å². The highest BCUT2D eigenvalue weighted by molar-refractivity contribution is 6.68. The molecule has 0 saturated heterocycles. The van der Waals surface area contributed by atoms with Crippen molar-refractivity contribution >= 4 is 8.80 Å². The van der Waals surface area contributed by atoms with Crippen LogP contribution < -0.4 is 0 Å². The fraction of sp³-hybridized carbons (Fsp3) is 0.750. The first-order valence-electron chi connectivity index (χ1n) is 4.27. The van der Waals surface area contributed by atoms with E-state index < -0.39 is 8.80 Å². The Morgan fingerprint density at radius 1 is 1.23 bits per heavy atom. The minimum Gasteiger partial charge on any atom is -0.375 e. The van der Waals surface area contributed by atoms with Gasteiger partial charge in [0.15, 0.2) is 0 Å². The van der Waals surface area contributed by atoms with Gasteiger partial charge in [-0.05, 0) is 6.42 Å². The van der Waals surface area contributed by atoms with Crippen LogP contribution in [0.15, 0.2) is 11.4 Å². The molecule has 0 amide bonds. The molecular weight excluding hydrogens is 186 g/mol. The first-order valence-corrected chi connectivity index (χ1v) is 6.00. The molecular formula is C8H17NO3Si. The summed E-state index contributed by atoms with van der Waals surface area (Å²) in [5.41, 5.74) is 0. The smallest absolute Gasteiger partial charge is 0.375 e. The lowest BCUT2D eigenvalue weighted by Gasteiger charge is -2.29. The molecule has 1 aliphatic heterocycles. The number of hydrogen-bond donors (Lipinski definition) is 0. The summed E-state index contributed by atoms with van der Waals surface area (Å²) in [5, 5.41) is 1.07. The quantitative estimate of drug-likeness (QED) is 0.627. The molecule has 13 heavy (non-hydrogen) atoms. The van der Waals surface area contributed by atoms with Crippen molar-refractivity contribution in [2.45, 2.75) is 6.42 Å². The summed E-state index contributed by atoms with van der Waals surface area (Å²) in [7, 11) is 4.36. The van der Waals surface area contributed by atoms with Crippen molar-refractivity contribution in [2.24, 2.45) is 0 Å². The van der Waals surface area contributed by atoms with Crippen molar-refractivity contribution in [1.82, 2.24) is 4.90 Å². The number of nitrogens with zero attached hydrogens (tertiary/aromatic N) is 1. The van der Waals surface area contributed by atoms with Crippen LogP contribution in [0, 0.1) is 0 Å². The van der Waals surface area contributed by atoms with Crippen molar-refractivity contribution in [3.05, 3.63) is 11.4 Å². The van der Waals surface area contributed by atoms with Crippen LogP contribution in [-0.4, -0.2) is 48.6 Å². The Labute approximate surface area is 80.4 Å². The van der Waals surface area contributed by atoms with Crippen molar-refractivity contribution in [3.8, 4) is 0 Å². The number of hydrogen-bond acceptors (Lipinski definition) is 4. The summed E-state index contributed by atoms with van der Waals surface area (Å²) in [4.78, 5) is 2.13. The van der Waals surface area contributed by atoms with Gasteiger partial charge in [-0.25, -0.2) is 0 Å². The van der Waals surface area contributed by atoms with E-state index >= 15 is 0 Å². The Hall–Kier alpha value is -0.363. The molecule has 0 unspecified atom stereocenters. The maximum Gasteiger partial charge on any atom is 0.552 e. The van der Waals surface area contributed by atoms with Crippen LogP contribution in [0.4, 0.5) is 0 Å². The van der Waals surface area contributed by atoms with E-state index in [4.69, 9.17) is 13.3 Å². The molecule has 0 aromatic heterocycles. The van der Waals surface area contributed by atoms with Gasteiger partial charge in [-0.15, -0.1) is 0 Å². The molecule has 0 bridgehead atoms. The lowest BCUT2D eigenvalue weighted by atomic mass is 10.5. The summed E-state index contributed by atoms with van der Waals surface area (Å²) in [6.45, 7) is 1.01. The molecule has 4 nitrogen and oxygen atoms in total. The summed E-state index contributed by atoms with van der Waals surface area (Å²) in [6, 6.07) is 0. The molecule has 0 aromatic rings. The SMILES string of the molecule is CO[Si](OC)(OC)C1=CCCN1C. The van der Waals surface area contributed by atoms with E-state index in [0.29, 0.717) is 0 Å². The van der Waals surface area contributed by atoms with Gasteiger partial charge >= 0.3 is 8.80 Å². The highest BCUT2D eigenvalue weighted by Crippen LogP contribution is 2.24. The molecule has 1 rings (SSSR count). The van der Waals surface area contributed by atoms with Crippen molar-refractivity contribution in [2.75, 3.05) is 34.9 Å². The van der Waals surface area contributed by atoms with Crippen LogP contribution in [0.1, 0.15) is 6.42 Å². The zero-order chi connectivity index (χ0) is 9.90. The van der Waals surface area contributed by atoms with Gasteiger partial charge in [0, 0.05) is 34.9 Å². The average molecular weight is 203 g/mol. The van der Waals surface area contributed by atoms with Crippen LogP contribution in [0.25, 0.3) is 0 Å². The van der Waals surface area contributed by atoms with Crippen molar-refractivity contribution in [1.29, 1.82) is 0 Å². The first kappa shape index (κ1) is 10.7. The van der Waals surface area contributed by atoms with E-state index in [1.807, 2.05) is 7.05 Å². The summed E-state index contributed by atoms with van der Waals surface area (Å²) < 4.78 is 16.1. The molecule has 0 spiro atoms. The van der Waals surface area contributed by atoms with Crippen LogP contribution >= 0.6 is 0 Å². The molecule has 1 heterocycles. The molecule has 76 valence electrons. The Morgan fingerprint density at radius 2 is 1.77 bits per heavy atom. The average Bonchev–Trinajstić information content (AvgIpc) is 2.57. The van der Waals surface area contributed by atoms with Gasteiger partial charge in [0.25, 0.3) is 0 Å². The maximum absolute atomic E-state index is 5.38. The normalized spacial score (nSPS) is 17.8. The van der Waals surface area contributed by atoms with Gasteiger partial charge in [-0.2, -0.15) is 0 Å². The molecule has 0 N–H and O–H groups in total. The van der Waals surface area contributed by atoms with Gasteiger partial charge in [0.1, 0.15) is 0 Å². The predicted molar refractivity (Wildman–Crippen MR) is 52.1 cm³/mol. The molecule has 5 heteroatoms. The van der Waals surface area contributed by atoms with Gasteiger partial charge in [0.05, 0.1) is 5.32 Å². The van der Waals surface area contributed by atoms with Crippen LogP contribution in [0.2, 0.25) is 0 Å². The third-order valence-electron chi connectivity index (χ3n) is 2.33. The Balaban J connectivity index is 2.86. The van der Waals surface area contributed by atoms with Gasteiger partial charge < -0.3 is 18.2 Å². The maximum atomic E-state index is 5.38. The molecule has 0 saturated carbocycles. The van der Waals surface area contributed by atoms with E-state index in [1.54, 1.807) is 21.3 Å². The topological polar surface area (TPSA) is 30.9 Å². The lowest BCUT2D eigenvalue weighted by molar-refractivity contribution is 0.125. The van der Waals surface area contributed by atoms with Crippen LogP contribution in [-0.2, 0) is 13.3 Å². The Kier molecular flexibility index (Phi) is 3.49. The first-order chi connectivity index (χ1) is 6.20. The van der Waals surface area contributed by atoms with Crippen molar-refractivity contribution < 1.29 is 13.3 Å². The second-order valence-corrected chi connectivity index (χ2v) is 5.82. The standard InChI is InChI=1S/C8H17NO3Si/c1-9-7-5-6-8(9)13(10-2,11-3)12-4/h6H,5,7H2,1-4H3. The summed E-state index contributed by atoms with van der Waals surface area (Å²) in [5.74, 6) is 0. The van der Waals surface area contributed by atoms with Gasteiger partial charge in [-0.3, -0.25) is 0 Å². The zero-order valence-corrected chi connectivity index (χ0v) is 9.66. The Morgan fingerprint density at radius 3 is 2.08 bits per heavy atom. The second kappa shape index (κ2) is 4.23. The minimum absolute atomic E-state index is 1.01. The van der Waals surface area contributed by atoms with E-state index in [1.165, 1.54) is 0 Å². The van der Waals surface area contributed by atoms with Crippen LogP contribution in [0.5, 0.6) is 0 Å². The van der Waals surface area contributed by atoms with Crippen LogP contribution in [0.3, 0.4) is 0 Å². The summed E-state index contributed by atoms with van der Waals surface area (Å²) in [6.07, 6.45) is 3.17. The third kappa shape index (κ3) is 1.78. The molecule has 0 radical (unpaired) electrons. The van der Waals surface area contributed by atoms with E-state index in [9.17, 15) is 0 Å². The third-order valence-corrected chi connectivity index (χ3v) is 5.16. The minimum atomic E-state index is -2.56. The molecule has 0 aromatic carbocycles. The highest BCUT2D eigenvalue weighted by Gasteiger charge is 2.46.